The monoisotopic (exact) mass is 611 g/mol. The first-order valence-electron chi connectivity index (χ1n) is 14.0. The lowest BCUT2D eigenvalue weighted by Crippen LogP contribution is -2.48. The Hall–Kier alpha value is -4.11. The van der Waals surface area contributed by atoms with Crippen LogP contribution in [0, 0.1) is 18.3 Å². The van der Waals surface area contributed by atoms with Gasteiger partial charge in [-0.2, -0.15) is 14.4 Å². The van der Waals surface area contributed by atoms with Gasteiger partial charge >= 0.3 is 0 Å². The number of amides is 1. The van der Waals surface area contributed by atoms with E-state index in [9.17, 15) is 18.0 Å². The first-order valence-corrected chi connectivity index (χ1v) is 15.8. The quantitative estimate of drug-likeness (QED) is 0.218. The van der Waals surface area contributed by atoms with E-state index in [1.165, 1.54) is 9.31 Å². The Morgan fingerprint density at radius 1 is 0.884 bits per heavy atom. The highest BCUT2D eigenvalue weighted by molar-refractivity contribution is 7.89. The molecule has 0 unspecified atom stereocenters. The van der Waals surface area contributed by atoms with Crippen LogP contribution in [-0.2, 0) is 14.8 Å². The molecule has 6 rings (SSSR count). The molecule has 3 atom stereocenters. The number of aryl methyl sites for hydroxylation is 1. The van der Waals surface area contributed by atoms with E-state index in [0.717, 1.165) is 5.56 Å². The number of ketones is 1. The second-order valence-electron chi connectivity index (χ2n) is 11.0. The highest BCUT2D eigenvalue weighted by atomic mass is 35.5. The molecule has 43 heavy (non-hydrogen) atoms. The molecule has 0 radical (unpaired) electrons. The third kappa shape index (κ3) is 4.89. The maximum Gasteiger partial charge on any atom is 0.261 e. The Labute approximate surface area is 256 Å². The molecule has 0 aliphatic carbocycles. The molecule has 1 amide bonds. The van der Waals surface area contributed by atoms with E-state index in [2.05, 4.69) is 0 Å². The highest BCUT2D eigenvalue weighted by Gasteiger charge is 2.67. The van der Waals surface area contributed by atoms with Crippen LogP contribution in [0.25, 0.3) is 0 Å². The fraction of sp³-hybridized carbons (Fsp3) is 0.206. The summed E-state index contributed by atoms with van der Waals surface area (Å²) in [5, 5.41) is 6.57. The topological polar surface area (TPSA) is 87.1 Å². The van der Waals surface area contributed by atoms with Crippen molar-refractivity contribution in [1.29, 1.82) is 0 Å². The number of anilines is 1. The zero-order valence-corrected chi connectivity index (χ0v) is 25.3. The molecule has 0 bridgehead atoms. The van der Waals surface area contributed by atoms with Crippen LogP contribution in [0.4, 0.5) is 5.69 Å². The summed E-state index contributed by atoms with van der Waals surface area (Å²) in [6.45, 7) is 3.61. The van der Waals surface area contributed by atoms with Gasteiger partial charge in [0.15, 0.2) is 5.78 Å². The van der Waals surface area contributed by atoms with Crippen molar-refractivity contribution < 1.29 is 18.0 Å². The van der Waals surface area contributed by atoms with E-state index < -0.39 is 27.4 Å². The lowest BCUT2D eigenvalue weighted by Gasteiger charge is -2.36. The number of carbonyl (C=O) groups is 2. The van der Waals surface area contributed by atoms with Gasteiger partial charge in [0.25, 0.3) is 5.91 Å². The first kappa shape index (κ1) is 29.0. The Morgan fingerprint density at radius 2 is 1.49 bits per heavy atom. The van der Waals surface area contributed by atoms with Crippen molar-refractivity contribution in [2.45, 2.75) is 31.2 Å². The number of rotatable bonds is 7. The third-order valence-corrected chi connectivity index (χ3v) is 10.6. The molecule has 9 heteroatoms. The summed E-state index contributed by atoms with van der Waals surface area (Å²) in [6, 6.07) is 30.5. The molecule has 0 N–H and O–H groups in total. The van der Waals surface area contributed by atoms with Crippen LogP contribution >= 0.6 is 11.6 Å². The molecule has 0 saturated carbocycles. The van der Waals surface area contributed by atoms with E-state index in [-0.39, 0.29) is 29.6 Å². The summed E-state index contributed by atoms with van der Waals surface area (Å²) >= 11 is 6.13. The average molecular weight is 612 g/mol. The lowest BCUT2D eigenvalue weighted by molar-refractivity contribution is -0.126. The standard InChI is InChI=1S/C34H30ClN3O4S/c1-23-13-19-30(20-14-23)43(41,42)37-22-27(21-31(39)25-9-5-3-6-10-25)34(32(37)26-11-7-4-8-12-26)24(2)36-38(33(34)40)29-17-15-28(35)16-18-29/h3-20,27,32H,21-22H2,1-2H3/t27-,32-,34+/m0/s1. The van der Waals surface area contributed by atoms with Gasteiger partial charge in [-0.1, -0.05) is 90.0 Å². The van der Waals surface area contributed by atoms with Crippen molar-refractivity contribution in [2.75, 3.05) is 11.6 Å². The number of halogens is 1. The van der Waals surface area contributed by atoms with E-state index >= 15 is 0 Å². The Balaban J connectivity index is 1.55. The SMILES string of the molecule is CC1=NN(c2ccc(Cl)cc2)C(=O)[C@@]12[C@@H](CC(=O)c1ccccc1)CN(S(=O)(=O)c1ccc(C)cc1)[C@H]2c1ccccc1. The Morgan fingerprint density at radius 3 is 2.12 bits per heavy atom. The second-order valence-corrected chi connectivity index (χ2v) is 13.4. The first-order chi connectivity index (χ1) is 20.6. The van der Waals surface area contributed by atoms with Crippen LogP contribution in [0.3, 0.4) is 0 Å². The molecule has 4 aromatic carbocycles. The zero-order valence-electron chi connectivity index (χ0n) is 23.7. The maximum atomic E-state index is 14.8. The largest absolute Gasteiger partial charge is 0.294 e. The molecule has 1 fully saturated rings. The number of hydrogen-bond acceptors (Lipinski definition) is 5. The van der Waals surface area contributed by atoms with Gasteiger partial charge in [0.1, 0.15) is 5.41 Å². The summed E-state index contributed by atoms with van der Waals surface area (Å²) in [6.07, 6.45) is -0.0413. The molecule has 4 aromatic rings. The fourth-order valence-corrected chi connectivity index (χ4v) is 8.22. The Bertz CT molecular complexity index is 1810. The van der Waals surface area contributed by atoms with Gasteiger partial charge < -0.3 is 0 Å². The smallest absolute Gasteiger partial charge is 0.261 e. The zero-order chi connectivity index (χ0) is 30.4. The molecule has 2 heterocycles. The van der Waals surface area contributed by atoms with Crippen molar-refractivity contribution in [1.82, 2.24) is 4.31 Å². The molecular weight excluding hydrogens is 582 g/mol. The number of Topliss-reactive ketones (excluding diaryl/α,β-unsaturated/α-hetero) is 1. The molecule has 1 spiro atoms. The summed E-state index contributed by atoms with van der Waals surface area (Å²) < 4.78 is 30.3. The van der Waals surface area contributed by atoms with Crippen LogP contribution in [-0.4, -0.2) is 36.7 Å². The number of benzene rings is 4. The number of sulfonamides is 1. The predicted octanol–water partition coefficient (Wildman–Crippen LogP) is 6.69. The van der Waals surface area contributed by atoms with Gasteiger partial charge in [-0.25, -0.2) is 8.42 Å². The number of carbonyl (C=O) groups excluding carboxylic acids is 2. The number of nitrogens with zero attached hydrogens (tertiary/aromatic N) is 3. The van der Waals surface area contributed by atoms with Crippen molar-refractivity contribution in [3.8, 4) is 0 Å². The molecule has 0 aromatic heterocycles. The Kier molecular flexibility index (Phi) is 7.54. The minimum Gasteiger partial charge on any atom is -0.294 e. The van der Waals surface area contributed by atoms with Crippen LogP contribution in [0.1, 0.15) is 40.9 Å². The van der Waals surface area contributed by atoms with Crippen molar-refractivity contribution in [3.05, 3.63) is 131 Å². The molecule has 2 aliphatic heterocycles. The molecule has 1 saturated heterocycles. The summed E-state index contributed by atoms with van der Waals surface area (Å²) in [5.41, 5.74) is 1.59. The van der Waals surface area contributed by atoms with Crippen LogP contribution in [0.5, 0.6) is 0 Å². The van der Waals surface area contributed by atoms with E-state index in [1.807, 2.05) is 43.3 Å². The molecule has 2 aliphatic rings. The van der Waals surface area contributed by atoms with Crippen molar-refractivity contribution >= 4 is 44.7 Å². The third-order valence-electron chi connectivity index (χ3n) is 8.50. The number of hydrazone groups is 1. The molecule has 7 nitrogen and oxygen atoms in total. The lowest BCUT2D eigenvalue weighted by atomic mass is 9.66. The molecule has 218 valence electrons. The van der Waals surface area contributed by atoms with Crippen LogP contribution in [0.15, 0.2) is 119 Å². The summed E-state index contributed by atoms with van der Waals surface area (Å²) in [4.78, 5) is 28.7. The van der Waals surface area contributed by atoms with Gasteiger partial charge in [0.2, 0.25) is 10.0 Å². The van der Waals surface area contributed by atoms with E-state index in [4.69, 9.17) is 16.7 Å². The second kappa shape index (κ2) is 11.2. The van der Waals surface area contributed by atoms with Gasteiger partial charge in [-0.3, -0.25) is 9.59 Å². The van der Waals surface area contributed by atoms with Gasteiger partial charge in [0, 0.05) is 29.5 Å². The van der Waals surface area contributed by atoms with Crippen molar-refractivity contribution in [3.63, 3.8) is 0 Å². The van der Waals surface area contributed by atoms with Gasteiger partial charge in [-0.15, -0.1) is 0 Å². The van der Waals surface area contributed by atoms with Crippen LogP contribution in [0.2, 0.25) is 5.02 Å². The minimum atomic E-state index is -4.11. The van der Waals surface area contributed by atoms with E-state index in [0.29, 0.717) is 27.5 Å². The van der Waals surface area contributed by atoms with Crippen molar-refractivity contribution in [2.24, 2.45) is 16.4 Å². The predicted molar refractivity (Wildman–Crippen MR) is 168 cm³/mol. The molecular formula is C34H30ClN3O4S. The number of hydrogen-bond donors (Lipinski definition) is 0. The van der Waals surface area contributed by atoms with Crippen LogP contribution < -0.4 is 5.01 Å². The normalized spacial score (nSPS) is 22.3. The van der Waals surface area contributed by atoms with Gasteiger partial charge in [0.05, 0.1) is 22.3 Å². The summed E-state index contributed by atoms with van der Waals surface area (Å²) in [5.74, 6) is -1.25. The van der Waals surface area contributed by atoms with Gasteiger partial charge in [-0.05, 0) is 55.8 Å². The minimum absolute atomic E-state index is 0.0403. The average Bonchev–Trinajstić information content (AvgIpc) is 3.50. The fourth-order valence-electron chi connectivity index (χ4n) is 6.41. The van der Waals surface area contributed by atoms with E-state index in [1.54, 1.807) is 79.7 Å². The highest BCUT2D eigenvalue weighted by Crippen LogP contribution is 2.58. The maximum absolute atomic E-state index is 14.8. The summed E-state index contributed by atoms with van der Waals surface area (Å²) in [7, 11) is -4.11.